The Labute approximate surface area is 175 Å². The van der Waals surface area contributed by atoms with Crippen LogP contribution in [-0.2, 0) is 16.1 Å². The highest BCUT2D eigenvalue weighted by atomic mass is 19.2. The zero-order valence-electron chi connectivity index (χ0n) is 16.5. The number of nitrogens with zero attached hydrogens (tertiary/aromatic N) is 5. The third-order valence-electron chi connectivity index (χ3n) is 4.98. The normalized spacial score (nSPS) is 15.9. The van der Waals surface area contributed by atoms with Crippen molar-refractivity contribution in [3.05, 3.63) is 59.9 Å². The summed E-state index contributed by atoms with van der Waals surface area (Å²) < 4.78 is 33.0. The Bertz CT molecular complexity index is 1120. The monoisotopic (exact) mass is 428 g/mol. The number of nitrogens with one attached hydrogen (secondary N) is 1. The molecule has 1 aliphatic rings. The van der Waals surface area contributed by atoms with E-state index in [1.807, 2.05) is 0 Å². The summed E-state index contributed by atoms with van der Waals surface area (Å²) in [4.78, 5) is 26.6. The van der Waals surface area contributed by atoms with Crippen molar-refractivity contribution in [1.82, 2.24) is 25.5 Å². The van der Waals surface area contributed by atoms with Crippen molar-refractivity contribution in [2.75, 3.05) is 18.6 Å². The van der Waals surface area contributed by atoms with Crippen molar-refractivity contribution in [3.63, 3.8) is 0 Å². The molecular weight excluding hydrogens is 410 g/mol. The van der Waals surface area contributed by atoms with E-state index in [2.05, 4.69) is 20.8 Å². The molecular formula is C20H18F2N6O3. The molecule has 9 nitrogen and oxygen atoms in total. The summed E-state index contributed by atoms with van der Waals surface area (Å²) in [5.74, 6) is -2.15. The summed E-state index contributed by atoms with van der Waals surface area (Å²) in [7, 11) is 1.55. The van der Waals surface area contributed by atoms with Gasteiger partial charge in [0.05, 0.1) is 25.3 Å². The number of hydrogen-bond acceptors (Lipinski definition) is 6. The summed E-state index contributed by atoms with van der Waals surface area (Å²) in [6, 6.07) is 10.2. The second-order valence-electron chi connectivity index (χ2n) is 6.93. The highest BCUT2D eigenvalue weighted by Crippen LogP contribution is 2.27. The maximum absolute atomic E-state index is 13.5. The van der Waals surface area contributed by atoms with Gasteiger partial charge in [-0.15, -0.1) is 5.10 Å². The van der Waals surface area contributed by atoms with Crippen molar-refractivity contribution in [1.29, 1.82) is 0 Å². The number of rotatable bonds is 6. The van der Waals surface area contributed by atoms with Crippen molar-refractivity contribution >= 4 is 17.5 Å². The first kappa shape index (κ1) is 20.4. The quantitative estimate of drug-likeness (QED) is 0.640. The number of benzene rings is 2. The molecule has 4 rings (SSSR count). The Kier molecular flexibility index (Phi) is 5.56. The number of carbonyl (C=O) groups is 2. The van der Waals surface area contributed by atoms with Gasteiger partial charge < -0.3 is 15.0 Å². The van der Waals surface area contributed by atoms with E-state index >= 15 is 0 Å². The van der Waals surface area contributed by atoms with Crippen LogP contribution in [-0.4, -0.2) is 45.7 Å². The van der Waals surface area contributed by atoms with Gasteiger partial charge in [0.15, 0.2) is 17.5 Å². The molecule has 0 aliphatic carbocycles. The van der Waals surface area contributed by atoms with Crippen molar-refractivity contribution in [2.24, 2.45) is 5.92 Å². The number of aromatic nitrogens is 4. The van der Waals surface area contributed by atoms with E-state index in [1.54, 1.807) is 36.3 Å². The van der Waals surface area contributed by atoms with Gasteiger partial charge in [0.1, 0.15) is 5.75 Å². The highest BCUT2D eigenvalue weighted by molar-refractivity contribution is 6.00. The molecule has 1 N–H and O–H groups in total. The average Bonchev–Trinajstić information content (AvgIpc) is 3.41. The molecule has 1 fully saturated rings. The number of anilines is 1. The van der Waals surface area contributed by atoms with Crippen LogP contribution >= 0.6 is 0 Å². The maximum atomic E-state index is 13.5. The van der Waals surface area contributed by atoms with Gasteiger partial charge in [0.25, 0.3) is 0 Å². The number of methoxy groups -OCH3 is 1. The van der Waals surface area contributed by atoms with Crippen molar-refractivity contribution in [3.8, 4) is 11.4 Å². The van der Waals surface area contributed by atoms with Crippen LogP contribution in [0.15, 0.2) is 42.5 Å². The number of tetrazole rings is 1. The predicted molar refractivity (Wildman–Crippen MR) is 104 cm³/mol. The van der Waals surface area contributed by atoms with Gasteiger partial charge in [0, 0.05) is 24.7 Å². The number of carbonyl (C=O) groups excluding carboxylic acids is 2. The smallest absolute Gasteiger partial charge is 0.227 e. The molecule has 0 unspecified atom stereocenters. The highest BCUT2D eigenvalue weighted by Gasteiger charge is 2.35. The SMILES string of the molecule is COc1ccc(N2C[C@@H](C(=O)NCc3nnnn3-c3ccc(F)c(F)c3)CC2=O)cc1. The molecule has 11 heteroatoms. The molecule has 3 aromatic rings. The molecule has 1 saturated heterocycles. The third kappa shape index (κ3) is 4.20. The van der Waals surface area contributed by atoms with E-state index in [-0.39, 0.29) is 42.8 Å². The number of amides is 2. The molecule has 0 radical (unpaired) electrons. The van der Waals surface area contributed by atoms with E-state index in [0.717, 1.165) is 12.1 Å². The Morgan fingerprint density at radius 1 is 1.16 bits per heavy atom. The summed E-state index contributed by atoms with van der Waals surface area (Å²) >= 11 is 0. The van der Waals surface area contributed by atoms with E-state index in [0.29, 0.717) is 11.4 Å². The predicted octanol–water partition coefficient (Wildman–Crippen LogP) is 1.62. The van der Waals surface area contributed by atoms with Gasteiger partial charge in [-0.05, 0) is 46.8 Å². The van der Waals surface area contributed by atoms with Gasteiger partial charge in [-0.3, -0.25) is 9.59 Å². The van der Waals surface area contributed by atoms with Gasteiger partial charge in [-0.25, -0.2) is 8.78 Å². The summed E-state index contributed by atoms with van der Waals surface area (Å²) in [6.45, 7) is 0.198. The Hall–Kier alpha value is -3.89. The van der Waals surface area contributed by atoms with Crippen molar-refractivity contribution in [2.45, 2.75) is 13.0 Å². The second kappa shape index (κ2) is 8.46. The average molecular weight is 428 g/mol. The minimum absolute atomic E-state index is 0.0436. The lowest BCUT2D eigenvalue weighted by Crippen LogP contribution is -2.33. The standard InChI is InChI=1S/C20H18F2N6O3/c1-31-15-5-2-13(3-6-15)27-11-12(8-19(27)29)20(30)23-10-18-24-25-26-28(18)14-4-7-16(21)17(22)9-14/h2-7,9,12H,8,10-11H2,1H3,(H,23,30)/t12-/m0/s1. The lowest BCUT2D eigenvalue weighted by molar-refractivity contribution is -0.126. The minimum Gasteiger partial charge on any atom is -0.497 e. The van der Waals surface area contributed by atoms with E-state index in [9.17, 15) is 18.4 Å². The van der Waals surface area contributed by atoms with Crippen LogP contribution in [0, 0.1) is 17.6 Å². The number of ether oxygens (including phenoxy) is 1. The van der Waals surface area contributed by atoms with Gasteiger partial charge in [-0.2, -0.15) is 4.68 Å². The molecule has 1 aliphatic heterocycles. The maximum Gasteiger partial charge on any atom is 0.227 e. The molecule has 2 heterocycles. The molecule has 1 aromatic heterocycles. The molecule has 1 atom stereocenters. The summed E-state index contributed by atoms with van der Waals surface area (Å²) in [5.41, 5.74) is 0.901. The fourth-order valence-electron chi connectivity index (χ4n) is 3.34. The largest absolute Gasteiger partial charge is 0.497 e. The van der Waals surface area contributed by atoms with Crippen LogP contribution in [0.2, 0.25) is 0 Å². The first-order chi connectivity index (χ1) is 15.0. The first-order valence-corrected chi connectivity index (χ1v) is 9.41. The van der Waals surface area contributed by atoms with Crippen LogP contribution in [0.25, 0.3) is 5.69 Å². The van der Waals surface area contributed by atoms with Crippen LogP contribution in [0.3, 0.4) is 0 Å². The number of hydrogen-bond donors (Lipinski definition) is 1. The zero-order chi connectivity index (χ0) is 22.0. The molecule has 31 heavy (non-hydrogen) atoms. The molecule has 0 bridgehead atoms. The molecule has 2 aromatic carbocycles. The van der Waals surface area contributed by atoms with Crippen LogP contribution in [0.1, 0.15) is 12.2 Å². The molecule has 0 saturated carbocycles. The first-order valence-electron chi connectivity index (χ1n) is 9.41. The van der Waals surface area contributed by atoms with E-state index < -0.39 is 17.6 Å². The molecule has 2 amide bonds. The zero-order valence-corrected chi connectivity index (χ0v) is 16.5. The van der Waals surface area contributed by atoms with E-state index in [4.69, 9.17) is 4.74 Å². The van der Waals surface area contributed by atoms with E-state index in [1.165, 1.54) is 10.7 Å². The second-order valence-corrected chi connectivity index (χ2v) is 6.93. The van der Waals surface area contributed by atoms with Gasteiger partial charge in [-0.1, -0.05) is 0 Å². The topological polar surface area (TPSA) is 102 Å². The van der Waals surface area contributed by atoms with Gasteiger partial charge in [0.2, 0.25) is 11.8 Å². The minimum atomic E-state index is -1.04. The fourth-order valence-corrected chi connectivity index (χ4v) is 3.34. The summed E-state index contributed by atoms with van der Waals surface area (Å²) in [5, 5.41) is 13.8. The van der Waals surface area contributed by atoms with Gasteiger partial charge >= 0.3 is 0 Å². The lowest BCUT2D eigenvalue weighted by Gasteiger charge is -2.17. The Morgan fingerprint density at radius 3 is 2.61 bits per heavy atom. The molecule has 160 valence electrons. The van der Waals surface area contributed by atoms with Crippen LogP contribution in [0.4, 0.5) is 14.5 Å². The van der Waals surface area contributed by atoms with Crippen molar-refractivity contribution < 1.29 is 23.1 Å². The van der Waals surface area contributed by atoms with Crippen LogP contribution < -0.4 is 15.0 Å². The third-order valence-corrected chi connectivity index (χ3v) is 4.98. The summed E-state index contributed by atoms with van der Waals surface area (Å²) in [6.07, 6.45) is 0.0754. The fraction of sp³-hybridized carbons (Fsp3) is 0.250. The molecule has 0 spiro atoms. The lowest BCUT2D eigenvalue weighted by atomic mass is 10.1. The number of halogens is 2. The van der Waals surface area contributed by atoms with Crippen LogP contribution in [0.5, 0.6) is 5.75 Å². The Balaban J connectivity index is 1.40. The Morgan fingerprint density at radius 2 is 1.90 bits per heavy atom.